The van der Waals surface area contributed by atoms with Gasteiger partial charge < -0.3 is 14.8 Å². The van der Waals surface area contributed by atoms with Crippen LogP contribution in [0.15, 0.2) is 30.9 Å². The molecule has 7 heteroatoms. The van der Waals surface area contributed by atoms with E-state index in [1.165, 1.54) is 7.11 Å². The Balaban J connectivity index is 2.38. The second kappa shape index (κ2) is 8.82. The van der Waals surface area contributed by atoms with Crippen LogP contribution in [0.4, 0.5) is 4.79 Å². The monoisotopic (exact) mass is 385 g/mol. The summed E-state index contributed by atoms with van der Waals surface area (Å²) < 4.78 is 10.1. The fourth-order valence-corrected chi connectivity index (χ4v) is 2.89. The molecule has 0 aliphatic heterocycles. The highest BCUT2D eigenvalue weighted by atomic mass is 16.6. The summed E-state index contributed by atoms with van der Waals surface area (Å²) in [7, 11) is 1.31. The smallest absolute Gasteiger partial charge is 0.408 e. The second-order valence-corrected chi connectivity index (χ2v) is 7.63. The average molecular weight is 385 g/mol. The number of carbonyl (C=O) groups excluding carboxylic acids is 2. The standard InChI is InChI=1S/C21H27N3O4/c1-13-9-22-10-14(2)19(13)16-7-15(11-23-12-16)17(8-18(25)27-6)24-20(26)28-21(3,4)5/h7,9-12,17H,8H2,1-6H3,(H,24,26). The van der Waals surface area contributed by atoms with Gasteiger partial charge in [-0.3, -0.25) is 14.8 Å². The summed E-state index contributed by atoms with van der Waals surface area (Å²) in [6.07, 6.45) is 6.32. The highest BCUT2D eigenvalue weighted by molar-refractivity contribution is 5.74. The van der Waals surface area contributed by atoms with Crippen LogP contribution >= 0.6 is 0 Å². The van der Waals surface area contributed by atoms with Crippen molar-refractivity contribution in [2.75, 3.05) is 7.11 Å². The highest BCUT2D eigenvalue weighted by Gasteiger charge is 2.24. The predicted octanol–water partition coefficient (Wildman–Crippen LogP) is 3.89. The number of amides is 1. The minimum atomic E-state index is -0.648. The maximum absolute atomic E-state index is 12.3. The largest absolute Gasteiger partial charge is 0.469 e. The van der Waals surface area contributed by atoms with Crippen molar-refractivity contribution in [3.8, 4) is 11.1 Å². The van der Waals surface area contributed by atoms with E-state index in [1.54, 1.807) is 45.6 Å². The number of nitrogens with one attached hydrogen (secondary N) is 1. The first-order valence-electron chi connectivity index (χ1n) is 9.03. The number of alkyl carbamates (subject to hydrolysis) is 1. The fraction of sp³-hybridized carbons (Fsp3) is 0.429. The summed E-state index contributed by atoms with van der Waals surface area (Å²) in [5.41, 5.74) is 3.98. The Kier molecular flexibility index (Phi) is 6.72. The molecule has 28 heavy (non-hydrogen) atoms. The predicted molar refractivity (Wildman–Crippen MR) is 106 cm³/mol. The lowest BCUT2D eigenvalue weighted by atomic mass is 9.96. The van der Waals surface area contributed by atoms with Crippen LogP contribution < -0.4 is 5.32 Å². The molecule has 2 heterocycles. The zero-order chi connectivity index (χ0) is 20.9. The molecule has 1 N–H and O–H groups in total. The van der Waals surface area contributed by atoms with Gasteiger partial charge in [0.25, 0.3) is 0 Å². The zero-order valence-corrected chi connectivity index (χ0v) is 17.2. The molecule has 1 atom stereocenters. The quantitative estimate of drug-likeness (QED) is 0.785. The lowest BCUT2D eigenvalue weighted by Gasteiger charge is -2.23. The van der Waals surface area contributed by atoms with Gasteiger partial charge in [0, 0.05) is 30.4 Å². The van der Waals surface area contributed by atoms with Gasteiger partial charge in [0.05, 0.1) is 19.6 Å². The van der Waals surface area contributed by atoms with Crippen LogP contribution in [0.1, 0.15) is 49.9 Å². The van der Waals surface area contributed by atoms with Gasteiger partial charge in [-0.05, 0) is 62.9 Å². The van der Waals surface area contributed by atoms with Crippen molar-refractivity contribution in [3.05, 3.63) is 47.5 Å². The number of hydrogen-bond donors (Lipinski definition) is 1. The molecular weight excluding hydrogens is 358 g/mol. The first kappa shape index (κ1) is 21.3. The van der Waals surface area contributed by atoms with Crippen molar-refractivity contribution in [3.63, 3.8) is 0 Å². The molecule has 7 nitrogen and oxygen atoms in total. The fourth-order valence-electron chi connectivity index (χ4n) is 2.89. The Morgan fingerprint density at radius 3 is 2.25 bits per heavy atom. The van der Waals surface area contributed by atoms with Gasteiger partial charge in [-0.15, -0.1) is 0 Å². The topological polar surface area (TPSA) is 90.4 Å². The Labute approximate surface area is 165 Å². The van der Waals surface area contributed by atoms with Crippen LogP contribution in [0.5, 0.6) is 0 Å². The molecule has 0 saturated carbocycles. The summed E-state index contributed by atoms with van der Waals surface area (Å²) in [6.45, 7) is 9.29. The molecule has 0 aliphatic rings. The average Bonchev–Trinajstić information content (AvgIpc) is 2.59. The van der Waals surface area contributed by atoms with Crippen LogP contribution in [0.25, 0.3) is 11.1 Å². The van der Waals surface area contributed by atoms with Gasteiger partial charge in [0.1, 0.15) is 5.60 Å². The minimum absolute atomic E-state index is 0.0326. The van der Waals surface area contributed by atoms with E-state index in [1.807, 2.05) is 19.9 Å². The third kappa shape index (κ3) is 5.77. The molecule has 2 aromatic heterocycles. The first-order chi connectivity index (χ1) is 13.1. The number of rotatable bonds is 5. The SMILES string of the molecule is COC(=O)CC(NC(=O)OC(C)(C)C)c1cncc(-c2c(C)cncc2C)c1. The third-order valence-corrected chi connectivity index (χ3v) is 4.06. The van der Waals surface area contributed by atoms with Gasteiger partial charge in [-0.2, -0.15) is 0 Å². The van der Waals surface area contributed by atoms with Crippen molar-refractivity contribution in [2.24, 2.45) is 0 Å². The van der Waals surface area contributed by atoms with Crippen LogP contribution in [-0.2, 0) is 14.3 Å². The second-order valence-electron chi connectivity index (χ2n) is 7.63. The molecule has 2 rings (SSSR count). The van der Waals surface area contributed by atoms with Crippen molar-refractivity contribution >= 4 is 12.1 Å². The Hall–Kier alpha value is -2.96. The summed E-state index contributed by atoms with van der Waals surface area (Å²) in [4.78, 5) is 32.7. The lowest BCUT2D eigenvalue weighted by molar-refractivity contribution is -0.141. The maximum Gasteiger partial charge on any atom is 0.408 e. The number of ether oxygens (including phenoxy) is 2. The summed E-state index contributed by atoms with van der Waals surface area (Å²) in [5.74, 6) is -0.442. The molecule has 0 saturated heterocycles. The van der Waals surface area contributed by atoms with Crippen LogP contribution in [0.3, 0.4) is 0 Å². The van der Waals surface area contributed by atoms with Gasteiger partial charge in [0.2, 0.25) is 0 Å². The number of esters is 1. The first-order valence-corrected chi connectivity index (χ1v) is 9.03. The number of aromatic nitrogens is 2. The maximum atomic E-state index is 12.3. The molecule has 0 radical (unpaired) electrons. The minimum Gasteiger partial charge on any atom is -0.469 e. The van der Waals surface area contributed by atoms with Crippen molar-refractivity contribution in [1.82, 2.24) is 15.3 Å². The van der Waals surface area contributed by atoms with Gasteiger partial charge in [-0.25, -0.2) is 4.79 Å². The number of pyridine rings is 2. The molecule has 0 aliphatic carbocycles. The van der Waals surface area contributed by atoms with Gasteiger partial charge in [-0.1, -0.05) is 0 Å². The number of carbonyl (C=O) groups is 2. The molecular formula is C21H27N3O4. The molecule has 0 bridgehead atoms. The van der Waals surface area contributed by atoms with E-state index >= 15 is 0 Å². The Morgan fingerprint density at radius 1 is 1.07 bits per heavy atom. The van der Waals surface area contributed by atoms with E-state index in [0.717, 1.165) is 22.3 Å². The van der Waals surface area contributed by atoms with E-state index in [0.29, 0.717) is 5.56 Å². The van der Waals surface area contributed by atoms with Crippen LogP contribution in [0, 0.1) is 13.8 Å². The van der Waals surface area contributed by atoms with Gasteiger partial charge >= 0.3 is 12.1 Å². The molecule has 0 spiro atoms. The lowest BCUT2D eigenvalue weighted by Crippen LogP contribution is -2.36. The van der Waals surface area contributed by atoms with E-state index in [2.05, 4.69) is 15.3 Å². The third-order valence-electron chi connectivity index (χ3n) is 4.06. The number of aryl methyl sites for hydroxylation is 2. The summed E-state index contributed by atoms with van der Waals surface area (Å²) >= 11 is 0. The van der Waals surface area contributed by atoms with Crippen molar-refractivity contribution in [1.29, 1.82) is 0 Å². The van der Waals surface area contributed by atoms with E-state index in [4.69, 9.17) is 9.47 Å². The molecule has 0 aromatic carbocycles. The molecule has 1 unspecified atom stereocenters. The van der Waals surface area contributed by atoms with E-state index < -0.39 is 23.7 Å². The van der Waals surface area contributed by atoms with E-state index in [9.17, 15) is 9.59 Å². The van der Waals surface area contributed by atoms with Crippen LogP contribution in [-0.4, -0.2) is 34.7 Å². The summed E-state index contributed by atoms with van der Waals surface area (Å²) in [6, 6.07) is 1.28. The van der Waals surface area contributed by atoms with Crippen molar-refractivity contribution in [2.45, 2.75) is 52.7 Å². The van der Waals surface area contributed by atoms with Gasteiger partial charge in [0.15, 0.2) is 0 Å². The highest BCUT2D eigenvalue weighted by Crippen LogP contribution is 2.28. The molecule has 2 aromatic rings. The van der Waals surface area contributed by atoms with Crippen molar-refractivity contribution < 1.29 is 19.1 Å². The number of methoxy groups -OCH3 is 1. The zero-order valence-electron chi connectivity index (χ0n) is 17.2. The Bertz CT molecular complexity index is 839. The summed E-state index contributed by atoms with van der Waals surface area (Å²) in [5, 5.41) is 2.75. The number of nitrogens with zero attached hydrogens (tertiary/aromatic N) is 2. The molecule has 0 fully saturated rings. The van der Waals surface area contributed by atoms with E-state index in [-0.39, 0.29) is 6.42 Å². The number of hydrogen-bond acceptors (Lipinski definition) is 6. The van der Waals surface area contributed by atoms with Crippen LogP contribution in [0.2, 0.25) is 0 Å². The molecule has 1 amide bonds. The Morgan fingerprint density at radius 2 is 1.68 bits per heavy atom. The molecule has 150 valence electrons. The normalized spacial score (nSPS) is 12.2.